The lowest BCUT2D eigenvalue weighted by Gasteiger charge is -2.09. The Labute approximate surface area is 187 Å². The third-order valence-electron chi connectivity index (χ3n) is 5.74. The lowest BCUT2D eigenvalue weighted by atomic mass is 10.00. The van der Waals surface area contributed by atoms with Crippen LogP contribution >= 0.6 is 0 Å². The summed E-state index contributed by atoms with van der Waals surface area (Å²) in [5, 5.41) is 6.28. The monoisotopic (exact) mass is 423 g/mol. The topological polar surface area (TPSA) is 62.7 Å². The molecule has 0 fully saturated rings. The number of hydrogen-bond donors (Lipinski definition) is 2. The molecule has 0 saturated heterocycles. The van der Waals surface area contributed by atoms with Gasteiger partial charge >= 0.3 is 0 Å². The van der Waals surface area contributed by atoms with Gasteiger partial charge in [0.15, 0.2) is 0 Å². The molecule has 160 valence electrons. The SMILES string of the molecule is Cc1ccc(-c2ccc3c(c2)C=C(C(=O)Nc2ccc(C4=NCCN4)cc2)CCO3)cc1. The number of aryl methyl sites for hydroxylation is 1. The first-order valence-electron chi connectivity index (χ1n) is 10.9. The van der Waals surface area contributed by atoms with Crippen LogP contribution in [0.1, 0.15) is 23.1 Å². The molecule has 2 aliphatic rings. The second-order valence-corrected chi connectivity index (χ2v) is 8.08. The Morgan fingerprint density at radius 3 is 2.47 bits per heavy atom. The second kappa shape index (κ2) is 8.71. The van der Waals surface area contributed by atoms with Gasteiger partial charge in [0.1, 0.15) is 11.6 Å². The van der Waals surface area contributed by atoms with Crippen LogP contribution in [0.25, 0.3) is 17.2 Å². The fraction of sp³-hybridized carbons (Fsp3) is 0.185. The van der Waals surface area contributed by atoms with Gasteiger partial charge in [-0.3, -0.25) is 9.79 Å². The second-order valence-electron chi connectivity index (χ2n) is 8.08. The van der Waals surface area contributed by atoms with Crippen LogP contribution < -0.4 is 15.4 Å². The minimum Gasteiger partial charge on any atom is -0.493 e. The van der Waals surface area contributed by atoms with Crippen LogP contribution in [0, 0.1) is 6.92 Å². The maximum atomic E-state index is 13.0. The average Bonchev–Trinajstić information content (AvgIpc) is 3.26. The van der Waals surface area contributed by atoms with E-state index in [0.29, 0.717) is 18.6 Å². The number of nitrogens with zero attached hydrogens (tertiary/aromatic N) is 1. The highest BCUT2D eigenvalue weighted by Crippen LogP contribution is 2.31. The molecule has 2 heterocycles. The average molecular weight is 424 g/mol. The van der Waals surface area contributed by atoms with Crippen molar-refractivity contribution in [1.82, 2.24) is 5.32 Å². The molecule has 0 spiro atoms. The molecule has 0 unspecified atom stereocenters. The van der Waals surface area contributed by atoms with Crippen LogP contribution in [0.2, 0.25) is 0 Å². The van der Waals surface area contributed by atoms with Crippen molar-refractivity contribution in [3.63, 3.8) is 0 Å². The molecule has 1 amide bonds. The zero-order chi connectivity index (χ0) is 21.9. The van der Waals surface area contributed by atoms with Crippen LogP contribution in [0.3, 0.4) is 0 Å². The number of ether oxygens (including phenoxy) is 1. The predicted molar refractivity (Wildman–Crippen MR) is 129 cm³/mol. The van der Waals surface area contributed by atoms with E-state index < -0.39 is 0 Å². The number of hydrogen-bond acceptors (Lipinski definition) is 4. The molecule has 3 aromatic carbocycles. The number of rotatable bonds is 4. The maximum absolute atomic E-state index is 13.0. The van der Waals surface area contributed by atoms with Crippen molar-refractivity contribution in [2.24, 2.45) is 4.99 Å². The van der Waals surface area contributed by atoms with Gasteiger partial charge in [0.05, 0.1) is 13.2 Å². The van der Waals surface area contributed by atoms with E-state index in [2.05, 4.69) is 58.9 Å². The highest BCUT2D eigenvalue weighted by Gasteiger charge is 2.17. The Morgan fingerprint density at radius 1 is 0.969 bits per heavy atom. The molecular formula is C27H25N3O2. The normalized spacial score (nSPS) is 14.9. The molecule has 3 aromatic rings. The molecule has 0 aliphatic carbocycles. The maximum Gasteiger partial charge on any atom is 0.251 e. The summed E-state index contributed by atoms with van der Waals surface area (Å²) in [5.74, 6) is 1.61. The van der Waals surface area contributed by atoms with E-state index in [-0.39, 0.29) is 5.91 Å². The van der Waals surface area contributed by atoms with Gasteiger partial charge in [-0.25, -0.2) is 0 Å². The number of nitrogens with one attached hydrogen (secondary N) is 2. The number of amides is 1. The van der Waals surface area contributed by atoms with Crippen molar-refractivity contribution in [2.75, 3.05) is 25.0 Å². The third kappa shape index (κ3) is 4.28. The lowest BCUT2D eigenvalue weighted by molar-refractivity contribution is -0.113. The number of aliphatic imine (C=N–C) groups is 1. The summed E-state index contributed by atoms with van der Waals surface area (Å²) < 4.78 is 5.91. The van der Waals surface area contributed by atoms with Crippen molar-refractivity contribution in [3.8, 4) is 16.9 Å². The Bertz CT molecular complexity index is 1210. The molecule has 0 saturated carbocycles. The Balaban J connectivity index is 1.36. The van der Waals surface area contributed by atoms with E-state index in [1.54, 1.807) is 0 Å². The fourth-order valence-corrected chi connectivity index (χ4v) is 3.94. The molecule has 2 aliphatic heterocycles. The van der Waals surface area contributed by atoms with Crippen LogP contribution in [-0.2, 0) is 4.79 Å². The largest absolute Gasteiger partial charge is 0.493 e. The van der Waals surface area contributed by atoms with Gasteiger partial charge in [0, 0.05) is 35.4 Å². The molecular weight excluding hydrogens is 398 g/mol. The lowest BCUT2D eigenvalue weighted by Crippen LogP contribution is -2.19. The van der Waals surface area contributed by atoms with Crippen LogP contribution in [-0.4, -0.2) is 31.4 Å². The van der Waals surface area contributed by atoms with Gasteiger partial charge in [-0.05, 0) is 60.5 Å². The number of carbonyl (C=O) groups excluding carboxylic acids is 1. The summed E-state index contributed by atoms with van der Waals surface area (Å²) in [6.07, 6.45) is 2.50. The molecule has 0 atom stereocenters. The molecule has 5 heteroatoms. The summed E-state index contributed by atoms with van der Waals surface area (Å²) in [4.78, 5) is 17.4. The molecule has 5 nitrogen and oxygen atoms in total. The zero-order valence-electron chi connectivity index (χ0n) is 18.0. The van der Waals surface area contributed by atoms with Gasteiger partial charge < -0.3 is 15.4 Å². The molecule has 0 bridgehead atoms. The molecule has 32 heavy (non-hydrogen) atoms. The van der Waals surface area contributed by atoms with E-state index in [1.807, 2.05) is 36.4 Å². The van der Waals surface area contributed by atoms with E-state index in [0.717, 1.165) is 52.6 Å². The van der Waals surface area contributed by atoms with Gasteiger partial charge in [0.25, 0.3) is 5.91 Å². The summed E-state index contributed by atoms with van der Waals surface area (Å²) in [7, 11) is 0. The Kier molecular flexibility index (Phi) is 5.46. The van der Waals surface area contributed by atoms with E-state index in [1.165, 1.54) is 5.56 Å². The fourth-order valence-electron chi connectivity index (χ4n) is 3.94. The number of anilines is 1. The summed E-state index contributed by atoms with van der Waals surface area (Å²) in [6.45, 7) is 4.23. The van der Waals surface area contributed by atoms with Crippen molar-refractivity contribution >= 4 is 23.5 Å². The minimum atomic E-state index is -0.105. The smallest absolute Gasteiger partial charge is 0.251 e. The molecule has 0 radical (unpaired) electrons. The van der Waals surface area contributed by atoms with Gasteiger partial charge in [-0.1, -0.05) is 35.9 Å². The third-order valence-corrected chi connectivity index (χ3v) is 5.74. The quantitative estimate of drug-likeness (QED) is 0.633. The summed E-state index contributed by atoms with van der Waals surface area (Å²) >= 11 is 0. The number of carbonyl (C=O) groups is 1. The minimum absolute atomic E-state index is 0.105. The number of benzene rings is 3. The highest BCUT2D eigenvalue weighted by atomic mass is 16.5. The predicted octanol–water partition coefficient (Wildman–Crippen LogP) is 4.82. The standard InChI is InChI=1S/C27H25N3O2/c1-18-2-4-19(5-3-18)21-8-11-25-23(16-21)17-22(12-15-32-25)27(31)30-24-9-6-20(7-10-24)26-28-13-14-29-26/h2-11,16-17H,12-15H2,1H3,(H,28,29)(H,30,31). The number of amidine groups is 1. The van der Waals surface area contributed by atoms with Crippen LogP contribution in [0.15, 0.2) is 77.3 Å². The zero-order valence-corrected chi connectivity index (χ0v) is 18.0. The first-order chi connectivity index (χ1) is 15.7. The van der Waals surface area contributed by atoms with E-state index in [9.17, 15) is 4.79 Å². The Morgan fingerprint density at radius 2 is 1.72 bits per heavy atom. The summed E-state index contributed by atoms with van der Waals surface area (Å²) in [6, 6.07) is 22.3. The van der Waals surface area contributed by atoms with Gasteiger partial charge in [-0.2, -0.15) is 0 Å². The summed E-state index contributed by atoms with van der Waals surface area (Å²) in [5.41, 5.74) is 6.89. The number of fused-ring (bicyclic) bond motifs is 1. The van der Waals surface area contributed by atoms with Gasteiger partial charge in [0.2, 0.25) is 0 Å². The first-order valence-corrected chi connectivity index (χ1v) is 10.9. The highest BCUT2D eigenvalue weighted by molar-refractivity contribution is 6.07. The van der Waals surface area contributed by atoms with Gasteiger partial charge in [-0.15, -0.1) is 0 Å². The van der Waals surface area contributed by atoms with Crippen molar-refractivity contribution < 1.29 is 9.53 Å². The molecule has 2 N–H and O–H groups in total. The van der Waals surface area contributed by atoms with Crippen molar-refractivity contribution in [1.29, 1.82) is 0 Å². The molecule has 5 rings (SSSR count). The van der Waals surface area contributed by atoms with E-state index >= 15 is 0 Å². The Hall–Kier alpha value is -3.86. The van der Waals surface area contributed by atoms with Crippen molar-refractivity contribution in [3.05, 3.63) is 89.0 Å². The van der Waals surface area contributed by atoms with Crippen LogP contribution in [0.5, 0.6) is 5.75 Å². The van der Waals surface area contributed by atoms with Crippen molar-refractivity contribution in [2.45, 2.75) is 13.3 Å². The van der Waals surface area contributed by atoms with E-state index in [4.69, 9.17) is 4.74 Å². The molecule has 0 aromatic heterocycles. The van der Waals surface area contributed by atoms with Crippen LogP contribution in [0.4, 0.5) is 5.69 Å². The first kappa shape index (κ1) is 20.1.